The van der Waals surface area contributed by atoms with E-state index < -0.39 is 0 Å². The van der Waals surface area contributed by atoms with Crippen molar-refractivity contribution < 1.29 is 9.15 Å². The van der Waals surface area contributed by atoms with Crippen molar-refractivity contribution in [2.45, 2.75) is 40.4 Å². The zero-order chi connectivity index (χ0) is 12.7. The van der Waals surface area contributed by atoms with E-state index in [2.05, 4.69) is 33.0 Å². The smallest absolute Gasteiger partial charge is 0.129 e. The van der Waals surface area contributed by atoms with E-state index in [1.807, 2.05) is 12.1 Å². The first kappa shape index (κ1) is 14.3. The first-order chi connectivity index (χ1) is 8.09. The molecule has 0 saturated heterocycles. The Labute approximate surface area is 105 Å². The van der Waals surface area contributed by atoms with Crippen LogP contribution in [0, 0.1) is 11.8 Å². The molecule has 98 valence electrons. The van der Waals surface area contributed by atoms with Crippen molar-refractivity contribution in [2.24, 2.45) is 11.8 Å². The highest BCUT2D eigenvalue weighted by Gasteiger charge is 2.14. The van der Waals surface area contributed by atoms with Gasteiger partial charge in [-0.1, -0.05) is 27.7 Å². The summed E-state index contributed by atoms with van der Waals surface area (Å²) in [5.41, 5.74) is 0. The number of nitrogens with one attached hydrogen (secondary N) is 1. The van der Waals surface area contributed by atoms with Crippen molar-refractivity contribution >= 4 is 0 Å². The molecule has 1 aromatic heterocycles. The van der Waals surface area contributed by atoms with Crippen LogP contribution >= 0.6 is 0 Å². The largest absolute Gasteiger partial charge is 0.467 e. The van der Waals surface area contributed by atoms with Crippen molar-refractivity contribution in [3.8, 4) is 0 Å². The minimum atomic E-state index is 0.235. The summed E-state index contributed by atoms with van der Waals surface area (Å²) >= 11 is 0. The fourth-order valence-electron chi connectivity index (χ4n) is 1.59. The normalized spacial score (nSPS) is 13.5. The van der Waals surface area contributed by atoms with Gasteiger partial charge in [-0.05, 0) is 30.5 Å². The maximum Gasteiger partial charge on any atom is 0.129 e. The van der Waals surface area contributed by atoms with E-state index in [0.29, 0.717) is 18.4 Å². The Kier molecular flexibility index (Phi) is 6.30. The minimum absolute atomic E-state index is 0.235. The molecule has 0 bridgehead atoms. The van der Waals surface area contributed by atoms with Crippen molar-refractivity contribution in [1.82, 2.24) is 5.32 Å². The third-order valence-corrected chi connectivity index (χ3v) is 2.66. The Morgan fingerprint density at radius 1 is 1.24 bits per heavy atom. The molecule has 0 spiro atoms. The van der Waals surface area contributed by atoms with Crippen molar-refractivity contribution in [3.05, 3.63) is 24.2 Å². The lowest BCUT2D eigenvalue weighted by atomic mass is 10.1. The van der Waals surface area contributed by atoms with E-state index in [1.165, 1.54) is 0 Å². The zero-order valence-electron chi connectivity index (χ0n) is 11.4. The summed E-state index contributed by atoms with van der Waals surface area (Å²) in [6, 6.07) is 3.83. The van der Waals surface area contributed by atoms with E-state index >= 15 is 0 Å². The molecule has 0 aliphatic heterocycles. The first-order valence-electron chi connectivity index (χ1n) is 6.44. The topological polar surface area (TPSA) is 34.4 Å². The molecule has 0 fully saturated rings. The molecule has 1 heterocycles. The van der Waals surface area contributed by atoms with Crippen LogP contribution in [-0.4, -0.2) is 19.2 Å². The Bertz CT molecular complexity index is 280. The average molecular weight is 239 g/mol. The van der Waals surface area contributed by atoms with Crippen molar-refractivity contribution in [3.63, 3.8) is 0 Å². The standard InChI is InChI=1S/C14H25NO2/c1-11(2)8-15-9-14(12(3)4)17-10-13-6-5-7-16-13/h5-7,11-12,14-15H,8-10H2,1-4H3. The van der Waals surface area contributed by atoms with Crippen LogP contribution in [0.1, 0.15) is 33.5 Å². The fraction of sp³-hybridized carbons (Fsp3) is 0.714. The molecule has 0 aliphatic carbocycles. The zero-order valence-corrected chi connectivity index (χ0v) is 11.4. The van der Waals surface area contributed by atoms with Gasteiger partial charge >= 0.3 is 0 Å². The van der Waals surface area contributed by atoms with Gasteiger partial charge in [0.2, 0.25) is 0 Å². The highest BCUT2D eigenvalue weighted by Crippen LogP contribution is 2.10. The molecule has 3 nitrogen and oxygen atoms in total. The summed E-state index contributed by atoms with van der Waals surface area (Å²) in [6.45, 7) is 11.3. The van der Waals surface area contributed by atoms with Crippen LogP contribution in [0.15, 0.2) is 22.8 Å². The maximum atomic E-state index is 5.87. The fourth-order valence-corrected chi connectivity index (χ4v) is 1.59. The predicted molar refractivity (Wildman–Crippen MR) is 69.8 cm³/mol. The second-order valence-corrected chi connectivity index (χ2v) is 5.22. The van der Waals surface area contributed by atoms with Gasteiger partial charge in [0, 0.05) is 6.54 Å². The molecule has 0 radical (unpaired) electrons. The van der Waals surface area contributed by atoms with Crippen LogP contribution in [0.2, 0.25) is 0 Å². The summed E-state index contributed by atoms with van der Waals surface area (Å²) < 4.78 is 11.1. The Balaban J connectivity index is 2.28. The molecule has 1 aromatic rings. The maximum absolute atomic E-state index is 5.87. The molecule has 1 atom stereocenters. The number of ether oxygens (including phenoxy) is 1. The van der Waals surface area contributed by atoms with Crippen molar-refractivity contribution in [1.29, 1.82) is 0 Å². The molecule has 0 aliphatic rings. The SMILES string of the molecule is CC(C)CNCC(OCc1ccco1)C(C)C. The van der Waals surface area contributed by atoms with Crippen LogP contribution in [0.5, 0.6) is 0 Å². The Hall–Kier alpha value is -0.800. The number of hydrogen-bond donors (Lipinski definition) is 1. The van der Waals surface area contributed by atoms with E-state index in [-0.39, 0.29) is 6.10 Å². The van der Waals surface area contributed by atoms with Crippen LogP contribution in [0.25, 0.3) is 0 Å². The van der Waals surface area contributed by atoms with Gasteiger partial charge in [0.05, 0.1) is 12.4 Å². The van der Waals surface area contributed by atoms with E-state index in [0.717, 1.165) is 18.8 Å². The number of hydrogen-bond acceptors (Lipinski definition) is 3. The summed E-state index contributed by atoms with van der Waals surface area (Å²) in [5.74, 6) is 2.07. The van der Waals surface area contributed by atoms with Gasteiger partial charge < -0.3 is 14.5 Å². The van der Waals surface area contributed by atoms with Crippen LogP contribution in [0.3, 0.4) is 0 Å². The van der Waals surface area contributed by atoms with Crippen LogP contribution < -0.4 is 5.32 Å². The Morgan fingerprint density at radius 3 is 2.53 bits per heavy atom. The van der Waals surface area contributed by atoms with Gasteiger partial charge in [0.25, 0.3) is 0 Å². The third kappa shape index (κ3) is 5.89. The molecular formula is C14H25NO2. The van der Waals surface area contributed by atoms with E-state index in [1.54, 1.807) is 6.26 Å². The second-order valence-electron chi connectivity index (χ2n) is 5.22. The molecular weight excluding hydrogens is 214 g/mol. The second kappa shape index (κ2) is 7.51. The molecule has 0 aromatic carbocycles. The lowest BCUT2D eigenvalue weighted by molar-refractivity contribution is 0.00322. The molecule has 1 unspecified atom stereocenters. The summed E-state index contributed by atoms with van der Waals surface area (Å²) in [5, 5.41) is 3.44. The quantitative estimate of drug-likeness (QED) is 0.757. The van der Waals surface area contributed by atoms with Gasteiger partial charge in [0.1, 0.15) is 12.4 Å². The third-order valence-electron chi connectivity index (χ3n) is 2.66. The first-order valence-corrected chi connectivity index (χ1v) is 6.44. The molecule has 0 amide bonds. The lowest BCUT2D eigenvalue weighted by Gasteiger charge is -2.22. The molecule has 1 N–H and O–H groups in total. The average Bonchev–Trinajstić information content (AvgIpc) is 2.74. The van der Waals surface area contributed by atoms with Gasteiger partial charge in [-0.15, -0.1) is 0 Å². The van der Waals surface area contributed by atoms with Gasteiger partial charge in [-0.3, -0.25) is 0 Å². The van der Waals surface area contributed by atoms with Crippen LogP contribution in [0.4, 0.5) is 0 Å². The van der Waals surface area contributed by atoms with Gasteiger partial charge in [0.15, 0.2) is 0 Å². The highest BCUT2D eigenvalue weighted by molar-refractivity contribution is 4.96. The van der Waals surface area contributed by atoms with Crippen molar-refractivity contribution in [2.75, 3.05) is 13.1 Å². The van der Waals surface area contributed by atoms with Crippen LogP contribution in [-0.2, 0) is 11.3 Å². The summed E-state index contributed by atoms with van der Waals surface area (Å²) in [4.78, 5) is 0. The minimum Gasteiger partial charge on any atom is -0.467 e. The molecule has 1 rings (SSSR count). The lowest BCUT2D eigenvalue weighted by Crippen LogP contribution is -2.34. The monoisotopic (exact) mass is 239 g/mol. The van der Waals surface area contributed by atoms with Gasteiger partial charge in [-0.2, -0.15) is 0 Å². The molecule has 17 heavy (non-hydrogen) atoms. The van der Waals surface area contributed by atoms with E-state index in [9.17, 15) is 0 Å². The summed E-state index contributed by atoms with van der Waals surface area (Å²) in [7, 11) is 0. The van der Waals surface area contributed by atoms with Gasteiger partial charge in [-0.25, -0.2) is 0 Å². The highest BCUT2D eigenvalue weighted by atomic mass is 16.5. The predicted octanol–water partition coefficient (Wildman–Crippen LogP) is 3.07. The Morgan fingerprint density at radius 2 is 2.00 bits per heavy atom. The summed E-state index contributed by atoms with van der Waals surface area (Å²) in [6.07, 6.45) is 1.92. The molecule has 3 heteroatoms. The number of furan rings is 1. The molecule has 0 saturated carbocycles. The number of rotatable bonds is 8. The van der Waals surface area contributed by atoms with E-state index in [4.69, 9.17) is 9.15 Å².